The van der Waals surface area contributed by atoms with Crippen LogP contribution >= 0.6 is 0 Å². The van der Waals surface area contributed by atoms with Crippen LogP contribution in [0.5, 0.6) is 5.75 Å². The van der Waals surface area contributed by atoms with Gasteiger partial charge >= 0.3 is 5.97 Å². The molecule has 3 nitrogen and oxygen atoms in total. The summed E-state index contributed by atoms with van der Waals surface area (Å²) in [6.45, 7) is 5.35. The van der Waals surface area contributed by atoms with Gasteiger partial charge < -0.3 is 10.5 Å². The Morgan fingerprint density at radius 3 is 2.47 bits per heavy atom. The third kappa shape index (κ3) is 2.84. The molecule has 2 N–H and O–H groups in total. The van der Waals surface area contributed by atoms with Crippen LogP contribution in [0.1, 0.15) is 23.6 Å². The summed E-state index contributed by atoms with van der Waals surface area (Å²) in [5, 5.41) is 0. The number of hydrogen-bond donors (Lipinski definition) is 1. The Hall–Kier alpha value is -1.77. The standard InChI is InChI=1S/C12H15NO2/c1-8-6-11(4-5-13)12(7-9(8)2)15-10(3)14/h4-7H,13H2,1-3H3/b5-4+. The monoisotopic (exact) mass is 205 g/mol. The molecule has 0 fully saturated rings. The molecule has 0 saturated carbocycles. The van der Waals surface area contributed by atoms with E-state index in [1.807, 2.05) is 26.0 Å². The minimum atomic E-state index is -0.329. The molecular weight excluding hydrogens is 190 g/mol. The fraction of sp³-hybridized carbons (Fsp3) is 0.250. The van der Waals surface area contributed by atoms with Crippen LogP contribution in [-0.2, 0) is 4.79 Å². The number of rotatable bonds is 2. The number of hydrogen-bond acceptors (Lipinski definition) is 3. The minimum Gasteiger partial charge on any atom is -0.426 e. The third-order valence-electron chi connectivity index (χ3n) is 2.16. The lowest BCUT2D eigenvalue weighted by Gasteiger charge is -2.09. The first-order valence-electron chi connectivity index (χ1n) is 4.72. The number of carbonyl (C=O) groups is 1. The number of benzene rings is 1. The average Bonchev–Trinajstić information content (AvgIpc) is 2.13. The summed E-state index contributed by atoms with van der Waals surface area (Å²) in [7, 11) is 0. The van der Waals surface area contributed by atoms with Crippen LogP contribution in [0.4, 0.5) is 0 Å². The lowest BCUT2D eigenvalue weighted by molar-refractivity contribution is -0.131. The molecule has 0 radical (unpaired) electrons. The van der Waals surface area contributed by atoms with Crippen molar-refractivity contribution >= 4 is 12.0 Å². The van der Waals surface area contributed by atoms with Crippen LogP contribution in [0.15, 0.2) is 18.3 Å². The van der Waals surface area contributed by atoms with Gasteiger partial charge in [-0.3, -0.25) is 4.79 Å². The van der Waals surface area contributed by atoms with E-state index in [9.17, 15) is 4.79 Å². The molecule has 0 heterocycles. The molecule has 0 bridgehead atoms. The molecule has 15 heavy (non-hydrogen) atoms. The summed E-state index contributed by atoms with van der Waals surface area (Å²) in [4.78, 5) is 10.9. The van der Waals surface area contributed by atoms with Gasteiger partial charge in [0.15, 0.2) is 0 Å². The van der Waals surface area contributed by atoms with Gasteiger partial charge in [0.05, 0.1) is 0 Å². The van der Waals surface area contributed by atoms with Crippen LogP contribution in [0, 0.1) is 13.8 Å². The summed E-state index contributed by atoms with van der Waals surface area (Å²) in [6.07, 6.45) is 3.14. The fourth-order valence-corrected chi connectivity index (χ4v) is 1.29. The van der Waals surface area contributed by atoms with Crippen molar-refractivity contribution in [1.82, 2.24) is 0 Å². The number of aryl methyl sites for hydroxylation is 2. The van der Waals surface area contributed by atoms with Crippen molar-refractivity contribution in [3.63, 3.8) is 0 Å². The van der Waals surface area contributed by atoms with Crippen molar-refractivity contribution < 1.29 is 9.53 Å². The van der Waals surface area contributed by atoms with E-state index in [1.54, 1.807) is 6.08 Å². The Labute approximate surface area is 89.5 Å². The molecule has 0 aromatic heterocycles. The van der Waals surface area contributed by atoms with Crippen molar-refractivity contribution in [3.8, 4) is 5.75 Å². The van der Waals surface area contributed by atoms with Gasteiger partial charge in [-0.2, -0.15) is 0 Å². The molecule has 0 spiro atoms. The summed E-state index contributed by atoms with van der Waals surface area (Å²) in [6, 6.07) is 3.78. The molecule has 0 aliphatic rings. The summed E-state index contributed by atoms with van der Waals surface area (Å²) >= 11 is 0. The molecule has 3 heteroatoms. The predicted octanol–water partition coefficient (Wildman–Crippen LogP) is 2.16. The highest BCUT2D eigenvalue weighted by molar-refractivity contribution is 5.72. The van der Waals surface area contributed by atoms with E-state index in [1.165, 1.54) is 13.1 Å². The minimum absolute atomic E-state index is 0.329. The Morgan fingerprint density at radius 1 is 1.33 bits per heavy atom. The summed E-state index contributed by atoms with van der Waals surface area (Å²) in [5.41, 5.74) is 8.36. The number of nitrogens with two attached hydrogens (primary N) is 1. The lowest BCUT2D eigenvalue weighted by atomic mass is 10.1. The molecule has 1 aromatic carbocycles. The van der Waals surface area contributed by atoms with Crippen LogP contribution in [0.3, 0.4) is 0 Å². The van der Waals surface area contributed by atoms with Gasteiger partial charge in [-0.05, 0) is 49.4 Å². The van der Waals surface area contributed by atoms with E-state index in [2.05, 4.69) is 0 Å². The topological polar surface area (TPSA) is 52.3 Å². The van der Waals surface area contributed by atoms with Gasteiger partial charge in [-0.15, -0.1) is 0 Å². The molecule has 80 valence electrons. The second-order valence-corrected chi connectivity index (χ2v) is 3.43. The van der Waals surface area contributed by atoms with Crippen LogP contribution in [0.2, 0.25) is 0 Å². The largest absolute Gasteiger partial charge is 0.426 e. The van der Waals surface area contributed by atoms with Crippen LogP contribution < -0.4 is 10.5 Å². The van der Waals surface area contributed by atoms with Crippen molar-refractivity contribution in [2.45, 2.75) is 20.8 Å². The van der Waals surface area contributed by atoms with E-state index in [0.29, 0.717) is 5.75 Å². The van der Waals surface area contributed by atoms with Gasteiger partial charge in [-0.25, -0.2) is 0 Å². The van der Waals surface area contributed by atoms with E-state index in [4.69, 9.17) is 10.5 Å². The maximum atomic E-state index is 10.9. The molecule has 1 aromatic rings. The van der Waals surface area contributed by atoms with Crippen molar-refractivity contribution in [2.24, 2.45) is 5.73 Å². The van der Waals surface area contributed by atoms with Crippen LogP contribution in [-0.4, -0.2) is 5.97 Å². The van der Waals surface area contributed by atoms with Crippen LogP contribution in [0.25, 0.3) is 6.08 Å². The van der Waals surface area contributed by atoms with Gasteiger partial charge in [0, 0.05) is 12.5 Å². The molecule has 1 rings (SSSR count). The number of ether oxygens (including phenoxy) is 1. The third-order valence-corrected chi connectivity index (χ3v) is 2.16. The maximum absolute atomic E-state index is 10.9. The van der Waals surface area contributed by atoms with Crippen molar-refractivity contribution in [1.29, 1.82) is 0 Å². The van der Waals surface area contributed by atoms with Crippen molar-refractivity contribution in [3.05, 3.63) is 35.0 Å². The molecule has 0 atom stereocenters. The number of carbonyl (C=O) groups excluding carboxylic acids is 1. The molecular formula is C12H15NO2. The maximum Gasteiger partial charge on any atom is 0.308 e. The predicted molar refractivity (Wildman–Crippen MR) is 60.4 cm³/mol. The fourth-order valence-electron chi connectivity index (χ4n) is 1.29. The molecule has 0 amide bonds. The zero-order valence-corrected chi connectivity index (χ0v) is 9.20. The quantitative estimate of drug-likeness (QED) is 0.594. The first-order valence-corrected chi connectivity index (χ1v) is 4.72. The van der Waals surface area contributed by atoms with E-state index in [-0.39, 0.29) is 5.97 Å². The Balaban J connectivity index is 3.21. The SMILES string of the molecule is CC(=O)Oc1cc(C)c(C)cc1/C=C/N. The lowest BCUT2D eigenvalue weighted by Crippen LogP contribution is -2.03. The molecule has 0 aliphatic heterocycles. The highest BCUT2D eigenvalue weighted by Crippen LogP contribution is 2.24. The first-order chi connectivity index (χ1) is 7.04. The zero-order chi connectivity index (χ0) is 11.4. The van der Waals surface area contributed by atoms with E-state index < -0.39 is 0 Å². The summed E-state index contributed by atoms with van der Waals surface area (Å²) in [5.74, 6) is 0.220. The molecule has 0 unspecified atom stereocenters. The molecule has 0 saturated heterocycles. The van der Waals surface area contributed by atoms with Gasteiger partial charge in [0.1, 0.15) is 5.75 Å². The Morgan fingerprint density at radius 2 is 1.93 bits per heavy atom. The smallest absolute Gasteiger partial charge is 0.308 e. The zero-order valence-electron chi connectivity index (χ0n) is 9.20. The first kappa shape index (κ1) is 11.3. The van der Waals surface area contributed by atoms with Gasteiger partial charge in [0.25, 0.3) is 0 Å². The summed E-state index contributed by atoms with van der Waals surface area (Å²) < 4.78 is 5.09. The van der Waals surface area contributed by atoms with Gasteiger partial charge in [-0.1, -0.05) is 0 Å². The van der Waals surface area contributed by atoms with E-state index in [0.717, 1.165) is 16.7 Å². The highest BCUT2D eigenvalue weighted by atomic mass is 16.5. The Bertz CT molecular complexity index is 408. The van der Waals surface area contributed by atoms with Crippen molar-refractivity contribution in [2.75, 3.05) is 0 Å². The Kier molecular flexibility index (Phi) is 3.50. The normalized spacial score (nSPS) is 10.6. The van der Waals surface area contributed by atoms with Gasteiger partial charge in [0.2, 0.25) is 0 Å². The number of esters is 1. The second kappa shape index (κ2) is 4.64. The van der Waals surface area contributed by atoms with E-state index >= 15 is 0 Å². The average molecular weight is 205 g/mol. The molecule has 0 aliphatic carbocycles. The second-order valence-electron chi connectivity index (χ2n) is 3.43. The highest BCUT2D eigenvalue weighted by Gasteiger charge is 2.06.